The third-order valence-corrected chi connectivity index (χ3v) is 4.94. The van der Waals surface area contributed by atoms with Gasteiger partial charge in [-0.3, -0.25) is 0 Å². The summed E-state index contributed by atoms with van der Waals surface area (Å²) in [4.78, 5) is 0. The minimum absolute atomic E-state index is 0.00521. The second kappa shape index (κ2) is 4.10. The van der Waals surface area contributed by atoms with Crippen LogP contribution in [0.3, 0.4) is 0 Å². The van der Waals surface area contributed by atoms with Gasteiger partial charge in [-0.15, -0.1) is 0 Å². The predicted octanol–water partition coefficient (Wildman–Crippen LogP) is 2.89. The maximum absolute atomic E-state index is 10.3. The van der Waals surface area contributed by atoms with Gasteiger partial charge in [-0.1, -0.05) is 19.1 Å². The van der Waals surface area contributed by atoms with Gasteiger partial charge in [-0.25, -0.2) is 0 Å². The third-order valence-electron chi connectivity index (χ3n) is 4.94. The lowest BCUT2D eigenvalue weighted by Gasteiger charge is -2.44. The molecule has 2 aliphatic carbocycles. The molecule has 0 unspecified atom stereocenters. The largest absolute Gasteiger partial charge is 0.393 e. The van der Waals surface area contributed by atoms with E-state index in [-0.39, 0.29) is 11.5 Å². The number of rotatable bonds is 2. The summed E-state index contributed by atoms with van der Waals surface area (Å²) in [6.07, 6.45) is 4.62. The van der Waals surface area contributed by atoms with Gasteiger partial charge in [0.15, 0.2) is 0 Å². The van der Waals surface area contributed by atoms with Crippen molar-refractivity contribution in [3.8, 4) is 0 Å². The number of hydrogen-bond donors (Lipinski definition) is 2. The van der Waals surface area contributed by atoms with Crippen molar-refractivity contribution in [2.45, 2.75) is 64.6 Å². The Balaban J connectivity index is 2.21. The summed E-state index contributed by atoms with van der Waals surface area (Å²) in [6.45, 7) is 10.2. The zero-order valence-corrected chi connectivity index (χ0v) is 11.4. The molecule has 2 fully saturated rings. The summed E-state index contributed by atoms with van der Waals surface area (Å²) in [7, 11) is 0. The summed E-state index contributed by atoms with van der Waals surface area (Å²) < 4.78 is 0. The normalized spacial score (nSPS) is 42.6. The molecule has 17 heavy (non-hydrogen) atoms. The second-order valence-electron chi connectivity index (χ2n) is 7.01. The Kier molecular flexibility index (Phi) is 3.16. The second-order valence-corrected chi connectivity index (χ2v) is 7.01. The molecule has 0 spiro atoms. The Morgan fingerprint density at radius 3 is 2.65 bits per heavy atom. The topological polar surface area (TPSA) is 40.5 Å². The minimum Gasteiger partial charge on any atom is -0.393 e. The summed E-state index contributed by atoms with van der Waals surface area (Å²) in [6, 6.07) is 0. The zero-order chi connectivity index (χ0) is 12.8. The van der Waals surface area contributed by atoms with E-state index in [1.54, 1.807) is 0 Å². The average molecular weight is 238 g/mol. The predicted molar refractivity (Wildman–Crippen MR) is 69.6 cm³/mol. The Labute approximate surface area is 105 Å². The van der Waals surface area contributed by atoms with Gasteiger partial charge in [-0.2, -0.15) is 0 Å². The zero-order valence-electron chi connectivity index (χ0n) is 11.4. The number of allylic oxidation sites excluding steroid dienone is 1. The van der Waals surface area contributed by atoms with Crippen LogP contribution in [0.25, 0.3) is 0 Å². The lowest BCUT2D eigenvalue weighted by molar-refractivity contribution is -0.0212. The molecule has 2 N–H and O–H groups in total. The average Bonchev–Trinajstić information content (AvgIpc) is 2.50. The molecular formula is C15H26O2. The van der Waals surface area contributed by atoms with Crippen molar-refractivity contribution >= 4 is 0 Å². The van der Waals surface area contributed by atoms with Crippen molar-refractivity contribution in [3.63, 3.8) is 0 Å². The lowest BCUT2D eigenvalue weighted by Crippen LogP contribution is -2.42. The van der Waals surface area contributed by atoms with Gasteiger partial charge >= 0.3 is 0 Å². The van der Waals surface area contributed by atoms with Gasteiger partial charge in [0.1, 0.15) is 0 Å². The van der Waals surface area contributed by atoms with E-state index in [1.807, 2.05) is 13.8 Å². The minimum atomic E-state index is -0.613. The monoisotopic (exact) mass is 238 g/mol. The summed E-state index contributed by atoms with van der Waals surface area (Å²) >= 11 is 0. The molecule has 4 atom stereocenters. The molecule has 2 rings (SSSR count). The summed E-state index contributed by atoms with van der Waals surface area (Å²) in [5.74, 6) is 0.889. The fraction of sp³-hybridized carbons (Fsp3) is 0.867. The smallest absolute Gasteiger partial charge is 0.0602 e. The maximum Gasteiger partial charge on any atom is 0.0602 e. The van der Waals surface area contributed by atoms with E-state index >= 15 is 0 Å². The molecule has 0 aromatic carbocycles. The molecule has 2 saturated carbocycles. The van der Waals surface area contributed by atoms with Crippen molar-refractivity contribution in [2.75, 3.05) is 0 Å². The van der Waals surface area contributed by atoms with Crippen LogP contribution in [-0.2, 0) is 0 Å². The Morgan fingerprint density at radius 1 is 1.41 bits per heavy atom. The van der Waals surface area contributed by atoms with Crippen LogP contribution in [0.15, 0.2) is 12.2 Å². The summed E-state index contributed by atoms with van der Waals surface area (Å²) in [5.41, 5.74) is 0.689. The van der Waals surface area contributed by atoms with E-state index in [0.717, 1.165) is 32.1 Å². The first-order valence-corrected chi connectivity index (χ1v) is 6.82. The highest BCUT2D eigenvalue weighted by molar-refractivity contribution is 5.18. The molecule has 98 valence electrons. The van der Waals surface area contributed by atoms with E-state index in [2.05, 4.69) is 13.5 Å². The van der Waals surface area contributed by atoms with Gasteiger partial charge in [0.25, 0.3) is 0 Å². The Morgan fingerprint density at radius 2 is 2.06 bits per heavy atom. The standard InChI is InChI=1S/C15H26O2/c1-10-5-6-12(16)15(4)8-7-11(13(10)15)9-14(2,3)17/h11-13,16-17H,1,5-9H2,2-4H3/t11-,12-,13-,15+/m1/s1. The molecule has 0 aliphatic heterocycles. The molecule has 0 aromatic heterocycles. The van der Waals surface area contributed by atoms with Crippen LogP contribution in [0.4, 0.5) is 0 Å². The van der Waals surface area contributed by atoms with Crippen LogP contribution in [0.2, 0.25) is 0 Å². The van der Waals surface area contributed by atoms with Gasteiger partial charge in [0, 0.05) is 5.41 Å². The van der Waals surface area contributed by atoms with Gasteiger partial charge in [0.2, 0.25) is 0 Å². The molecule has 0 radical (unpaired) electrons. The first-order chi connectivity index (χ1) is 7.74. The lowest BCUT2D eigenvalue weighted by atomic mass is 9.63. The molecule has 0 saturated heterocycles. The van der Waals surface area contributed by atoms with Crippen LogP contribution in [0, 0.1) is 17.3 Å². The Hall–Kier alpha value is -0.340. The fourth-order valence-corrected chi connectivity index (χ4v) is 4.20. The number of aliphatic hydroxyl groups is 2. The number of hydrogen-bond acceptors (Lipinski definition) is 2. The van der Waals surface area contributed by atoms with Crippen LogP contribution < -0.4 is 0 Å². The maximum atomic E-state index is 10.3. The molecule has 0 aromatic rings. The molecular weight excluding hydrogens is 212 g/mol. The highest BCUT2D eigenvalue weighted by atomic mass is 16.3. The van der Waals surface area contributed by atoms with E-state index in [0.29, 0.717) is 11.8 Å². The third kappa shape index (κ3) is 2.30. The first-order valence-electron chi connectivity index (χ1n) is 6.82. The van der Waals surface area contributed by atoms with Crippen molar-refractivity contribution < 1.29 is 10.2 Å². The van der Waals surface area contributed by atoms with Crippen LogP contribution in [-0.4, -0.2) is 21.9 Å². The van der Waals surface area contributed by atoms with Crippen molar-refractivity contribution in [1.29, 1.82) is 0 Å². The van der Waals surface area contributed by atoms with E-state index in [9.17, 15) is 10.2 Å². The molecule has 2 heteroatoms. The van der Waals surface area contributed by atoms with Crippen LogP contribution in [0.5, 0.6) is 0 Å². The fourth-order valence-electron chi connectivity index (χ4n) is 4.20. The van der Waals surface area contributed by atoms with Crippen LogP contribution in [0.1, 0.15) is 52.9 Å². The van der Waals surface area contributed by atoms with Gasteiger partial charge in [0.05, 0.1) is 11.7 Å². The van der Waals surface area contributed by atoms with E-state index in [4.69, 9.17) is 0 Å². The number of aliphatic hydroxyl groups excluding tert-OH is 1. The van der Waals surface area contributed by atoms with E-state index in [1.165, 1.54) is 5.57 Å². The number of fused-ring (bicyclic) bond motifs is 1. The Bertz CT molecular complexity index is 315. The molecule has 0 bridgehead atoms. The van der Waals surface area contributed by atoms with Crippen molar-refractivity contribution in [2.24, 2.45) is 17.3 Å². The molecule has 0 heterocycles. The van der Waals surface area contributed by atoms with Crippen molar-refractivity contribution in [1.82, 2.24) is 0 Å². The highest BCUT2D eigenvalue weighted by Gasteiger charge is 2.52. The molecule has 0 amide bonds. The highest BCUT2D eigenvalue weighted by Crippen LogP contribution is 2.57. The van der Waals surface area contributed by atoms with Gasteiger partial charge in [-0.05, 0) is 57.8 Å². The molecule has 2 aliphatic rings. The van der Waals surface area contributed by atoms with Crippen LogP contribution >= 0.6 is 0 Å². The SMILES string of the molecule is C=C1CC[C@@H](O)[C@]2(C)CC[C@H](CC(C)(C)O)[C@@H]12. The van der Waals surface area contributed by atoms with E-state index < -0.39 is 5.60 Å². The first kappa shape index (κ1) is 13.1. The molecule has 2 nitrogen and oxygen atoms in total. The van der Waals surface area contributed by atoms with Gasteiger partial charge < -0.3 is 10.2 Å². The summed E-state index contributed by atoms with van der Waals surface area (Å²) in [5, 5.41) is 20.3. The quantitative estimate of drug-likeness (QED) is 0.726. The van der Waals surface area contributed by atoms with Crippen molar-refractivity contribution in [3.05, 3.63) is 12.2 Å².